The van der Waals surface area contributed by atoms with Gasteiger partial charge in [0.1, 0.15) is 30.5 Å². The number of ether oxygens (including phenoxy) is 1. The molecule has 30 heavy (non-hydrogen) atoms. The van der Waals surface area contributed by atoms with E-state index >= 15 is 0 Å². The zero-order chi connectivity index (χ0) is 21.4. The molecule has 1 fully saturated rings. The van der Waals surface area contributed by atoms with Gasteiger partial charge in [-0.25, -0.2) is 0 Å². The average Bonchev–Trinajstić information content (AvgIpc) is 3.12. The summed E-state index contributed by atoms with van der Waals surface area (Å²) in [6.07, 6.45) is -4.35. The molecule has 0 aliphatic carbocycles. The van der Waals surface area contributed by atoms with Gasteiger partial charge in [-0.15, -0.1) is 0 Å². The van der Waals surface area contributed by atoms with Crippen LogP contribution in [-0.4, -0.2) is 56.4 Å². The van der Waals surface area contributed by atoms with Gasteiger partial charge < -0.3 is 30.1 Å². The van der Waals surface area contributed by atoms with E-state index in [-0.39, 0.29) is 0 Å². The van der Waals surface area contributed by atoms with Crippen LogP contribution in [0.2, 0.25) is 0 Å². The number of aliphatic hydroxyl groups is 4. The maximum absolute atomic E-state index is 10.7. The number of aliphatic hydroxyl groups excluding tert-OH is 4. The number of hydrogen-bond acceptors (Lipinski definition) is 5. The molecule has 1 aliphatic heterocycles. The first-order chi connectivity index (χ1) is 14.4. The van der Waals surface area contributed by atoms with Gasteiger partial charge in [-0.3, -0.25) is 0 Å². The molecule has 0 saturated carbocycles. The van der Waals surface area contributed by atoms with Gasteiger partial charge in [-0.2, -0.15) is 0 Å². The molecule has 1 aromatic heterocycles. The third-order valence-corrected chi connectivity index (χ3v) is 6.16. The molecular weight excluding hydrogens is 382 g/mol. The summed E-state index contributed by atoms with van der Waals surface area (Å²) in [7, 11) is 0. The highest BCUT2D eigenvalue weighted by molar-refractivity contribution is 5.88. The molecule has 0 spiro atoms. The minimum atomic E-state index is -1.41. The first-order valence-corrected chi connectivity index (χ1v) is 10.4. The molecule has 0 bridgehead atoms. The van der Waals surface area contributed by atoms with Gasteiger partial charge in [0.25, 0.3) is 0 Å². The molecule has 3 aromatic rings. The number of hydrogen-bond donors (Lipinski definition) is 5. The van der Waals surface area contributed by atoms with Crippen LogP contribution in [0, 0.1) is 6.92 Å². The van der Waals surface area contributed by atoms with E-state index in [0.717, 1.165) is 34.0 Å². The normalized spacial score (nSPS) is 26.9. The van der Waals surface area contributed by atoms with Crippen molar-refractivity contribution >= 4 is 10.9 Å². The van der Waals surface area contributed by atoms with E-state index < -0.39 is 37.1 Å². The minimum absolute atomic E-state index is 0.450. The fourth-order valence-electron chi connectivity index (χ4n) is 4.39. The van der Waals surface area contributed by atoms with Crippen LogP contribution in [0.4, 0.5) is 0 Å². The van der Waals surface area contributed by atoms with Crippen LogP contribution in [-0.2, 0) is 17.6 Å². The lowest BCUT2D eigenvalue weighted by molar-refractivity contribution is -0.232. The molecule has 5 N–H and O–H groups in total. The van der Waals surface area contributed by atoms with Gasteiger partial charge in [-0.05, 0) is 48.1 Å². The number of fused-ring (bicyclic) bond motifs is 1. The second-order valence-electron chi connectivity index (χ2n) is 8.11. The van der Waals surface area contributed by atoms with Crippen molar-refractivity contribution in [3.8, 4) is 0 Å². The Hall–Kier alpha value is -2.22. The highest BCUT2D eigenvalue weighted by atomic mass is 16.5. The summed E-state index contributed by atoms with van der Waals surface area (Å²) >= 11 is 0. The fourth-order valence-corrected chi connectivity index (χ4v) is 4.39. The number of benzene rings is 2. The van der Waals surface area contributed by atoms with E-state index in [4.69, 9.17) is 4.74 Å². The van der Waals surface area contributed by atoms with Crippen LogP contribution in [0.15, 0.2) is 42.5 Å². The van der Waals surface area contributed by atoms with Crippen LogP contribution < -0.4 is 0 Å². The van der Waals surface area contributed by atoms with Gasteiger partial charge >= 0.3 is 0 Å². The maximum atomic E-state index is 10.7. The SMILES string of the molecule is CCc1ccc(Cc2c([C@@H]3O[C@H](CO)[C@@H](O)[C@H](O)[C@H]3O)[nH]c3cccc(C)c23)cc1. The Labute approximate surface area is 175 Å². The molecule has 5 atom stereocenters. The molecule has 0 radical (unpaired) electrons. The van der Waals surface area contributed by atoms with Crippen LogP contribution in [0.5, 0.6) is 0 Å². The summed E-state index contributed by atoms with van der Waals surface area (Å²) in [6.45, 7) is 3.71. The summed E-state index contributed by atoms with van der Waals surface area (Å²) in [5.41, 5.74) is 6.06. The van der Waals surface area contributed by atoms with Crippen molar-refractivity contribution in [2.75, 3.05) is 6.61 Å². The number of nitrogens with one attached hydrogen (secondary N) is 1. The van der Waals surface area contributed by atoms with Crippen molar-refractivity contribution < 1.29 is 25.2 Å². The maximum Gasteiger partial charge on any atom is 0.127 e. The van der Waals surface area contributed by atoms with E-state index in [1.807, 2.05) is 25.1 Å². The minimum Gasteiger partial charge on any atom is -0.394 e. The van der Waals surface area contributed by atoms with E-state index in [0.29, 0.717) is 12.1 Å². The van der Waals surface area contributed by atoms with Crippen LogP contribution in [0.1, 0.15) is 41.0 Å². The zero-order valence-corrected chi connectivity index (χ0v) is 17.2. The second-order valence-corrected chi connectivity index (χ2v) is 8.11. The molecule has 1 saturated heterocycles. The highest BCUT2D eigenvalue weighted by Gasteiger charge is 2.45. The van der Waals surface area contributed by atoms with E-state index in [9.17, 15) is 20.4 Å². The van der Waals surface area contributed by atoms with E-state index in [1.165, 1.54) is 5.56 Å². The van der Waals surface area contributed by atoms with Crippen molar-refractivity contribution in [3.63, 3.8) is 0 Å². The van der Waals surface area contributed by atoms with Crippen molar-refractivity contribution in [1.82, 2.24) is 4.98 Å². The Bertz CT molecular complexity index is 1010. The Morgan fingerprint density at radius 2 is 1.63 bits per heavy atom. The molecule has 6 heteroatoms. The lowest BCUT2D eigenvalue weighted by Gasteiger charge is -2.40. The first-order valence-electron chi connectivity index (χ1n) is 10.4. The molecule has 0 amide bonds. The van der Waals surface area contributed by atoms with Crippen molar-refractivity contribution in [1.29, 1.82) is 0 Å². The number of aryl methyl sites for hydroxylation is 2. The van der Waals surface area contributed by atoms with Crippen molar-refractivity contribution in [2.24, 2.45) is 0 Å². The third kappa shape index (κ3) is 3.66. The lowest BCUT2D eigenvalue weighted by atomic mass is 9.90. The smallest absolute Gasteiger partial charge is 0.127 e. The zero-order valence-electron chi connectivity index (χ0n) is 17.2. The van der Waals surface area contributed by atoms with Crippen LogP contribution in [0.25, 0.3) is 10.9 Å². The number of H-pyrrole nitrogens is 1. The molecule has 0 unspecified atom stereocenters. The molecular formula is C24H29NO5. The number of aromatic amines is 1. The predicted molar refractivity (Wildman–Crippen MR) is 114 cm³/mol. The highest BCUT2D eigenvalue weighted by Crippen LogP contribution is 2.38. The Balaban J connectivity index is 1.81. The quantitative estimate of drug-likeness (QED) is 0.442. The summed E-state index contributed by atoms with van der Waals surface area (Å²) in [5, 5.41) is 41.8. The van der Waals surface area contributed by atoms with Gasteiger partial charge in [0.15, 0.2) is 0 Å². The van der Waals surface area contributed by atoms with Crippen LogP contribution >= 0.6 is 0 Å². The Morgan fingerprint density at radius 3 is 2.30 bits per heavy atom. The standard InChI is InChI=1S/C24H29NO5/c1-3-14-7-9-15(10-8-14)11-16-19-13(2)5-4-6-17(19)25-20(16)24-23(29)22(28)21(27)18(12-26)30-24/h4-10,18,21-29H,3,11-12H2,1-2H3/t18-,21-,22+,23-,24+/m1/s1. The number of aromatic nitrogens is 1. The molecule has 1 aliphatic rings. The summed E-state index contributed by atoms with van der Waals surface area (Å²) in [5.74, 6) is 0. The third-order valence-electron chi connectivity index (χ3n) is 6.16. The largest absolute Gasteiger partial charge is 0.394 e. The lowest BCUT2D eigenvalue weighted by Crippen LogP contribution is -2.55. The molecule has 160 valence electrons. The molecule has 2 aromatic carbocycles. The Morgan fingerprint density at radius 1 is 0.933 bits per heavy atom. The van der Waals surface area contributed by atoms with E-state index in [1.54, 1.807) is 0 Å². The first kappa shape index (κ1) is 21.0. The van der Waals surface area contributed by atoms with Gasteiger partial charge in [0.2, 0.25) is 0 Å². The second kappa shape index (κ2) is 8.49. The summed E-state index contributed by atoms with van der Waals surface area (Å²) < 4.78 is 5.86. The summed E-state index contributed by atoms with van der Waals surface area (Å²) in [6, 6.07) is 14.4. The monoisotopic (exact) mass is 411 g/mol. The van der Waals surface area contributed by atoms with Crippen molar-refractivity contribution in [3.05, 3.63) is 70.4 Å². The Kier molecular flexibility index (Phi) is 5.95. The fraction of sp³-hybridized carbons (Fsp3) is 0.417. The molecule has 2 heterocycles. The van der Waals surface area contributed by atoms with Gasteiger partial charge in [-0.1, -0.05) is 43.3 Å². The summed E-state index contributed by atoms with van der Waals surface area (Å²) in [4.78, 5) is 3.37. The van der Waals surface area contributed by atoms with Crippen LogP contribution in [0.3, 0.4) is 0 Å². The molecule has 4 rings (SSSR count). The van der Waals surface area contributed by atoms with E-state index in [2.05, 4.69) is 36.2 Å². The van der Waals surface area contributed by atoms with Gasteiger partial charge in [0, 0.05) is 10.9 Å². The van der Waals surface area contributed by atoms with Crippen molar-refractivity contribution in [2.45, 2.75) is 57.2 Å². The topological polar surface area (TPSA) is 106 Å². The number of rotatable bonds is 5. The predicted octanol–water partition coefficient (Wildman–Crippen LogP) is 2.14. The average molecular weight is 411 g/mol. The molecule has 6 nitrogen and oxygen atoms in total. The van der Waals surface area contributed by atoms with Gasteiger partial charge in [0.05, 0.1) is 12.3 Å².